The highest BCUT2D eigenvalue weighted by molar-refractivity contribution is 5.98. The van der Waals surface area contributed by atoms with E-state index in [1.807, 2.05) is 0 Å². The fourth-order valence-electron chi connectivity index (χ4n) is 8.59. The van der Waals surface area contributed by atoms with Crippen LogP contribution in [0.15, 0.2) is 116 Å². The van der Waals surface area contributed by atoms with Crippen molar-refractivity contribution in [3.63, 3.8) is 0 Å². The van der Waals surface area contributed by atoms with Gasteiger partial charge in [-0.1, -0.05) is 72.8 Å². The SMILES string of the molecule is Cc1ccc(C2(c3ccc(-n4c(=O)c5cc6c(=O)n(C)c(=O)c6cc5c4=O)c(C(O)(C(F)(F)F)C(F)(F)F)c3)c3ccccc3-c3ccccc32)cc1C(C)(O)C(F)(F)F. The Hall–Kier alpha value is -6.33. The van der Waals surface area contributed by atoms with Crippen molar-refractivity contribution in [1.82, 2.24) is 9.13 Å². The van der Waals surface area contributed by atoms with Gasteiger partial charge in [-0.3, -0.25) is 23.7 Å². The molecule has 2 N–H and O–H groups in total. The lowest BCUT2D eigenvalue weighted by atomic mass is 9.66. The van der Waals surface area contributed by atoms with Gasteiger partial charge >= 0.3 is 18.5 Å². The van der Waals surface area contributed by atoms with E-state index in [1.165, 1.54) is 43.3 Å². The summed E-state index contributed by atoms with van der Waals surface area (Å²) in [7, 11) is 1.11. The molecule has 1 unspecified atom stereocenters. The molecule has 1 aliphatic carbocycles. The van der Waals surface area contributed by atoms with Crippen LogP contribution in [0, 0.1) is 6.92 Å². The van der Waals surface area contributed by atoms with Gasteiger partial charge < -0.3 is 10.2 Å². The van der Waals surface area contributed by atoms with Crippen LogP contribution in [0.5, 0.6) is 0 Å². The molecule has 0 saturated heterocycles. The third-order valence-electron chi connectivity index (χ3n) is 11.7. The first-order valence-electron chi connectivity index (χ1n) is 17.8. The molecule has 7 aromatic rings. The van der Waals surface area contributed by atoms with Gasteiger partial charge in [-0.05, 0) is 82.6 Å². The van der Waals surface area contributed by atoms with E-state index < -0.39 is 90.5 Å². The maximum Gasteiger partial charge on any atom is 0.430 e. The number of fused-ring (bicyclic) bond motifs is 5. The highest BCUT2D eigenvalue weighted by Crippen LogP contribution is 2.59. The van der Waals surface area contributed by atoms with E-state index in [-0.39, 0.29) is 37.6 Å². The Morgan fingerprint density at radius 1 is 0.533 bits per heavy atom. The molecule has 0 saturated carbocycles. The van der Waals surface area contributed by atoms with E-state index >= 15 is 26.3 Å². The van der Waals surface area contributed by atoms with Gasteiger partial charge in [0.25, 0.3) is 27.8 Å². The Bertz CT molecular complexity index is 3040. The quantitative estimate of drug-likeness (QED) is 0.177. The van der Waals surface area contributed by atoms with Crippen LogP contribution in [0.25, 0.3) is 38.4 Å². The summed E-state index contributed by atoms with van der Waals surface area (Å²) in [5.41, 5.74) is -19.9. The number of hydrogen-bond acceptors (Lipinski definition) is 6. The lowest BCUT2D eigenvalue weighted by Crippen LogP contribution is -2.55. The summed E-state index contributed by atoms with van der Waals surface area (Å²) in [6.07, 6.45) is -18.4. The minimum Gasteiger partial charge on any atom is -0.376 e. The molecule has 0 spiro atoms. The Balaban J connectivity index is 1.55. The van der Waals surface area contributed by atoms with Crippen molar-refractivity contribution >= 4 is 21.5 Å². The molecule has 60 heavy (non-hydrogen) atoms. The average Bonchev–Trinajstić information content (AvgIpc) is 3.70. The number of aryl methyl sites for hydroxylation is 1. The van der Waals surface area contributed by atoms with Crippen molar-refractivity contribution in [2.45, 2.75) is 49.0 Å². The van der Waals surface area contributed by atoms with Gasteiger partial charge in [-0.15, -0.1) is 0 Å². The highest BCUT2D eigenvalue weighted by atomic mass is 19.4. The van der Waals surface area contributed by atoms with Crippen LogP contribution in [-0.2, 0) is 23.7 Å². The summed E-state index contributed by atoms with van der Waals surface area (Å²) < 4.78 is 134. The zero-order chi connectivity index (χ0) is 43.9. The highest BCUT2D eigenvalue weighted by Gasteiger charge is 2.72. The van der Waals surface area contributed by atoms with Crippen molar-refractivity contribution < 1.29 is 49.7 Å². The fraction of sp³-hybridized carbons (Fsp3) is 0.209. The number of nitrogens with zero attached hydrogens (tertiary/aromatic N) is 2. The van der Waals surface area contributed by atoms with E-state index in [4.69, 9.17) is 0 Å². The number of aliphatic hydroxyl groups is 2. The number of alkyl halides is 9. The van der Waals surface area contributed by atoms with Crippen LogP contribution < -0.4 is 22.2 Å². The number of halogens is 9. The Morgan fingerprint density at radius 3 is 1.40 bits per heavy atom. The molecule has 2 heterocycles. The minimum absolute atomic E-state index is 0.0339. The van der Waals surface area contributed by atoms with Gasteiger partial charge in [0.05, 0.1) is 32.6 Å². The number of rotatable bonds is 5. The minimum atomic E-state index is -6.59. The average molecular weight is 839 g/mol. The van der Waals surface area contributed by atoms with Crippen molar-refractivity contribution in [3.8, 4) is 16.8 Å². The van der Waals surface area contributed by atoms with Crippen LogP contribution >= 0.6 is 0 Å². The largest absolute Gasteiger partial charge is 0.430 e. The molecule has 1 aliphatic rings. The molecule has 0 amide bonds. The molecule has 0 bridgehead atoms. The predicted molar refractivity (Wildman–Crippen MR) is 201 cm³/mol. The second-order valence-electron chi connectivity index (χ2n) is 14.9. The van der Waals surface area contributed by atoms with E-state index in [0.717, 1.165) is 31.3 Å². The number of hydrogen-bond donors (Lipinski definition) is 2. The summed E-state index contributed by atoms with van der Waals surface area (Å²) in [6, 6.07) is 19.2. The zero-order valence-electron chi connectivity index (χ0n) is 31.1. The van der Waals surface area contributed by atoms with Gasteiger partial charge in [0.2, 0.25) is 0 Å². The first-order valence-corrected chi connectivity index (χ1v) is 17.8. The maximum absolute atomic E-state index is 15.1. The lowest BCUT2D eigenvalue weighted by Gasteiger charge is -2.38. The van der Waals surface area contributed by atoms with E-state index in [9.17, 15) is 42.6 Å². The molecule has 5 aromatic carbocycles. The monoisotopic (exact) mass is 838 g/mol. The summed E-state index contributed by atoms with van der Waals surface area (Å²) >= 11 is 0. The topological polar surface area (TPSA) is 119 Å². The number of aromatic nitrogens is 2. The third kappa shape index (κ3) is 5.14. The third-order valence-corrected chi connectivity index (χ3v) is 11.7. The number of benzene rings is 5. The molecule has 0 fully saturated rings. The molecule has 0 radical (unpaired) electrons. The van der Waals surface area contributed by atoms with E-state index in [2.05, 4.69) is 0 Å². The first-order chi connectivity index (χ1) is 27.8. The van der Waals surface area contributed by atoms with Gasteiger partial charge in [-0.2, -0.15) is 39.5 Å². The van der Waals surface area contributed by atoms with Gasteiger partial charge in [0, 0.05) is 12.6 Å². The van der Waals surface area contributed by atoms with Crippen LogP contribution in [0.4, 0.5) is 39.5 Å². The van der Waals surface area contributed by atoms with Gasteiger partial charge in [0.15, 0.2) is 5.60 Å². The molecule has 8 nitrogen and oxygen atoms in total. The zero-order valence-corrected chi connectivity index (χ0v) is 31.1. The Morgan fingerprint density at radius 2 is 0.950 bits per heavy atom. The van der Waals surface area contributed by atoms with Crippen molar-refractivity contribution in [3.05, 3.63) is 177 Å². The maximum atomic E-state index is 15.1. The van der Waals surface area contributed by atoms with Crippen LogP contribution in [0.1, 0.15) is 45.9 Å². The van der Waals surface area contributed by atoms with Crippen molar-refractivity contribution in [2.24, 2.45) is 7.05 Å². The first kappa shape index (κ1) is 40.4. The molecule has 0 aliphatic heterocycles. The van der Waals surface area contributed by atoms with Gasteiger partial charge in [0.1, 0.15) is 0 Å². The summed E-state index contributed by atoms with van der Waals surface area (Å²) in [6.45, 7) is 1.76. The Labute approximate surface area is 330 Å². The molecule has 2 aromatic heterocycles. The molecule has 308 valence electrons. The van der Waals surface area contributed by atoms with Crippen molar-refractivity contribution in [2.75, 3.05) is 0 Å². The Kier molecular flexibility index (Phi) is 8.49. The molecule has 1 atom stereocenters. The standard InChI is InChI=1S/C43H27F9N2O6/c1-20-12-13-21(16-31(20)38(2,59)41(44,45)46)39(29-10-6-4-8-23(29)24-9-5-7-11-30(24)39)22-14-15-33(32(17-22)40(60,42(47,48)49)43(50,51)52)54-36(57)27-18-25-26(19-28(27)37(54)58)35(56)53(3)34(25)55/h4-19,59-60H,1-3H3. The molecular weight excluding hydrogens is 811 g/mol. The summed E-state index contributed by atoms with van der Waals surface area (Å²) in [4.78, 5) is 53.4. The van der Waals surface area contributed by atoms with Crippen LogP contribution in [0.3, 0.4) is 0 Å². The smallest absolute Gasteiger partial charge is 0.376 e. The second-order valence-corrected chi connectivity index (χ2v) is 14.9. The molecule has 8 rings (SSSR count). The predicted octanol–water partition coefficient (Wildman–Crippen LogP) is 7.19. The van der Waals surface area contributed by atoms with Crippen LogP contribution in [0.2, 0.25) is 0 Å². The summed E-state index contributed by atoms with van der Waals surface area (Å²) in [5.74, 6) is 0. The van der Waals surface area contributed by atoms with E-state index in [0.29, 0.717) is 34.8 Å². The van der Waals surface area contributed by atoms with Gasteiger partial charge in [-0.25, -0.2) is 4.57 Å². The lowest BCUT2D eigenvalue weighted by molar-refractivity contribution is -0.376. The summed E-state index contributed by atoms with van der Waals surface area (Å²) in [5, 5.41) is 20.1. The molecule has 17 heteroatoms. The fourth-order valence-corrected chi connectivity index (χ4v) is 8.59. The van der Waals surface area contributed by atoms with Crippen LogP contribution in [-0.4, -0.2) is 37.9 Å². The van der Waals surface area contributed by atoms with Crippen molar-refractivity contribution in [1.29, 1.82) is 0 Å². The molecular formula is C43H27F9N2O6. The second kappa shape index (κ2) is 12.6. The van der Waals surface area contributed by atoms with E-state index in [1.54, 1.807) is 24.3 Å². The normalized spacial score (nSPS) is 15.4.